The lowest BCUT2D eigenvalue weighted by atomic mass is 10.2. The van der Waals surface area contributed by atoms with E-state index in [0.717, 1.165) is 6.42 Å². The minimum Gasteiger partial charge on any atom is -0.0844 e. The summed E-state index contributed by atoms with van der Waals surface area (Å²) in [6.45, 7) is 2.17. The third-order valence-corrected chi connectivity index (χ3v) is 1.05. The van der Waals surface area contributed by atoms with E-state index < -0.39 is 0 Å². The minimum atomic E-state index is 1.03. The van der Waals surface area contributed by atoms with Crippen LogP contribution in [0.15, 0.2) is 0 Å². The van der Waals surface area contributed by atoms with E-state index >= 15 is 0 Å². The van der Waals surface area contributed by atoms with Gasteiger partial charge in [0.2, 0.25) is 0 Å². The van der Waals surface area contributed by atoms with Gasteiger partial charge < -0.3 is 0 Å². The Kier molecular flexibility index (Phi) is 6.20. The molecule has 0 aliphatic rings. The fraction of sp³-hybridized carbons (Fsp3) is 0.625. The van der Waals surface area contributed by atoms with Crippen LogP contribution in [0.4, 0.5) is 0 Å². The summed E-state index contributed by atoms with van der Waals surface area (Å²) in [5.74, 6) is 2.25. The molecule has 0 rings (SSSR count). The summed E-state index contributed by atoms with van der Waals surface area (Å²) >= 11 is 0. The monoisotopic (exact) mass is 108 g/mol. The topological polar surface area (TPSA) is 0 Å². The zero-order valence-electron chi connectivity index (χ0n) is 5.41. The molecule has 0 heteroatoms. The van der Waals surface area contributed by atoms with Crippen molar-refractivity contribution in [3.05, 3.63) is 12.8 Å². The average molecular weight is 108 g/mol. The summed E-state index contributed by atoms with van der Waals surface area (Å²) in [6.07, 6.45) is 13.1. The minimum absolute atomic E-state index is 1.03. The summed E-state index contributed by atoms with van der Waals surface area (Å²) in [4.78, 5) is 0. The Balaban J connectivity index is 2.65. The molecular weight excluding hydrogens is 96.1 g/mol. The molecule has 0 amide bonds. The molecule has 0 heterocycles. The van der Waals surface area contributed by atoms with Crippen LogP contribution in [0, 0.1) is 18.8 Å². The van der Waals surface area contributed by atoms with E-state index in [9.17, 15) is 0 Å². The molecule has 0 spiro atoms. The van der Waals surface area contributed by atoms with Crippen LogP contribution < -0.4 is 0 Å². The summed E-state index contributed by atoms with van der Waals surface area (Å²) in [7, 11) is 0. The molecular formula is C8H12. The van der Waals surface area contributed by atoms with Crippen molar-refractivity contribution in [1.29, 1.82) is 0 Å². The Labute approximate surface area is 52.3 Å². The summed E-state index contributed by atoms with van der Waals surface area (Å²) in [6, 6.07) is 0. The number of hydrogen-bond acceptors (Lipinski definition) is 0. The van der Waals surface area contributed by atoms with Gasteiger partial charge in [0, 0.05) is 6.42 Å². The third-order valence-electron chi connectivity index (χ3n) is 1.05. The molecule has 0 atom stereocenters. The highest BCUT2D eigenvalue weighted by molar-refractivity contribution is 4.94. The van der Waals surface area contributed by atoms with E-state index in [1.807, 2.05) is 0 Å². The molecule has 0 nitrogen and oxygen atoms in total. The molecule has 0 bridgehead atoms. The van der Waals surface area contributed by atoms with Crippen LogP contribution in [0.2, 0.25) is 0 Å². The van der Waals surface area contributed by atoms with Crippen LogP contribution >= 0.6 is 0 Å². The van der Waals surface area contributed by atoms with Crippen molar-refractivity contribution < 1.29 is 0 Å². The zero-order chi connectivity index (χ0) is 6.24. The molecule has 0 saturated heterocycles. The molecule has 0 aliphatic heterocycles. The standard InChI is InChI=1S/C8H12/c1-3-5-7-8-6-4-2/h6H,3,5,7-8H2,1H3. The number of hydrogen-bond donors (Lipinski definition) is 0. The highest BCUT2D eigenvalue weighted by Gasteiger charge is 1.82. The van der Waals surface area contributed by atoms with Gasteiger partial charge in [-0.25, -0.2) is 0 Å². The van der Waals surface area contributed by atoms with Gasteiger partial charge in [0.25, 0.3) is 0 Å². The fourth-order valence-electron chi connectivity index (χ4n) is 0.569. The number of rotatable bonds is 4. The first-order valence-electron chi connectivity index (χ1n) is 3.15. The van der Waals surface area contributed by atoms with Gasteiger partial charge in [-0.05, 0) is 12.8 Å². The van der Waals surface area contributed by atoms with Gasteiger partial charge in [-0.3, -0.25) is 0 Å². The summed E-state index contributed by atoms with van der Waals surface area (Å²) < 4.78 is 0. The predicted octanol–water partition coefficient (Wildman–Crippen LogP) is 2.36. The lowest BCUT2D eigenvalue weighted by Gasteiger charge is -1.90. The molecule has 8 heavy (non-hydrogen) atoms. The fourth-order valence-corrected chi connectivity index (χ4v) is 0.569. The van der Waals surface area contributed by atoms with E-state index in [4.69, 9.17) is 6.42 Å². The van der Waals surface area contributed by atoms with Crippen LogP contribution in [-0.4, -0.2) is 0 Å². The van der Waals surface area contributed by atoms with E-state index in [1.54, 1.807) is 6.42 Å². The number of unbranched alkanes of at least 4 members (excludes halogenated alkanes) is 4. The first kappa shape index (κ1) is 7.56. The van der Waals surface area contributed by atoms with E-state index in [2.05, 4.69) is 12.8 Å². The Hall–Kier alpha value is -0.440. The maximum Gasteiger partial charge on any atom is 0.0351 e. The first-order chi connectivity index (χ1) is 3.91. The van der Waals surface area contributed by atoms with Crippen LogP contribution in [0.1, 0.15) is 32.6 Å². The highest BCUT2D eigenvalue weighted by atomic mass is 13.9. The molecule has 0 N–H and O–H groups in total. The van der Waals surface area contributed by atoms with Gasteiger partial charge in [0.1, 0.15) is 0 Å². The van der Waals surface area contributed by atoms with Gasteiger partial charge in [-0.15, -0.1) is 0 Å². The molecule has 2 radical (unpaired) electrons. The second-order valence-electron chi connectivity index (χ2n) is 1.84. The van der Waals surface area contributed by atoms with Gasteiger partial charge in [0.05, 0.1) is 0 Å². The zero-order valence-corrected chi connectivity index (χ0v) is 5.41. The van der Waals surface area contributed by atoms with Crippen molar-refractivity contribution in [2.24, 2.45) is 0 Å². The molecule has 0 unspecified atom stereocenters. The van der Waals surface area contributed by atoms with Crippen LogP contribution in [0.25, 0.3) is 0 Å². The van der Waals surface area contributed by atoms with Crippen molar-refractivity contribution in [2.75, 3.05) is 0 Å². The van der Waals surface area contributed by atoms with Gasteiger partial charge in [0.15, 0.2) is 0 Å². The van der Waals surface area contributed by atoms with Gasteiger partial charge in [-0.1, -0.05) is 32.1 Å². The molecule has 0 aromatic heterocycles. The smallest absolute Gasteiger partial charge is 0.0351 e. The maximum atomic E-state index is 6.53. The second-order valence-corrected chi connectivity index (χ2v) is 1.84. The Bertz CT molecular complexity index is 66.6. The first-order valence-corrected chi connectivity index (χ1v) is 3.15. The third kappa shape index (κ3) is 5.56. The predicted molar refractivity (Wildman–Crippen MR) is 35.6 cm³/mol. The lowest BCUT2D eigenvalue weighted by Crippen LogP contribution is -1.73. The van der Waals surface area contributed by atoms with E-state index in [1.165, 1.54) is 19.3 Å². The van der Waals surface area contributed by atoms with E-state index in [0.29, 0.717) is 0 Å². The van der Waals surface area contributed by atoms with Gasteiger partial charge in [-0.2, -0.15) is 0 Å². The molecule has 0 aliphatic carbocycles. The maximum absolute atomic E-state index is 6.53. The average Bonchev–Trinajstić information content (AvgIpc) is 1.81. The summed E-state index contributed by atoms with van der Waals surface area (Å²) in [5, 5.41) is 0. The summed E-state index contributed by atoms with van der Waals surface area (Å²) in [5.41, 5.74) is 0. The Morgan fingerprint density at radius 1 is 1.50 bits per heavy atom. The molecule has 0 aromatic rings. The van der Waals surface area contributed by atoms with Gasteiger partial charge >= 0.3 is 0 Å². The van der Waals surface area contributed by atoms with Crippen LogP contribution in [0.5, 0.6) is 0 Å². The second kappa shape index (κ2) is 6.56. The quantitative estimate of drug-likeness (QED) is 0.383. The largest absolute Gasteiger partial charge is 0.0844 e. The highest BCUT2D eigenvalue weighted by Crippen LogP contribution is 1.99. The molecule has 0 aromatic carbocycles. The van der Waals surface area contributed by atoms with Crippen molar-refractivity contribution >= 4 is 0 Å². The molecule has 44 valence electrons. The Morgan fingerprint density at radius 2 is 2.25 bits per heavy atom. The molecule has 0 saturated carbocycles. The van der Waals surface area contributed by atoms with Crippen molar-refractivity contribution in [2.45, 2.75) is 32.6 Å². The normalized spacial score (nSPS) is 8.50. The lowest BCUT2D eigenvalue weighted by molar-refractivity contribution is 0.719. The van der Waals surface area contributed by atoms with Crippen LogP contribution in [0.3, 0.4) is 0 Å². The van der Waals surface area contributed by atoms with Crippen LogP contribution in [-0.2, 0) is 0 Å². The van der Waals surface area contributed by atoms with E-state index in [-0.39, 0.29) is 0 Å². The van der Waals surface area contributed by atoms with Crippen molar-refractivity contribution in [3.8, 4) is 5.92 Å². The molecule has 0 fully saturated rings. The van der Waals surface area contributed by atoms with Crippen molar-refractivity contribution in [1.82, 2.24) is 0 Å². The van der Waals surface area contributed by atoms with Crippen molar-refractivity contribution in [3.63, 3.8) is 0 Å². The SMILES string of the molecule is [C]#C[CH]CCCCC. The Morgan fingerprint density at radius 3 is 2.75 bits per heavy atom.